The van der Waals surface area contributed by atoms with Crippen LogP contribution in [-0.4, -0.2) is 12.5 Å². The molecule has 1 aliphatic carbocycles. The van der Waals surface area contributed by atoms with Gasteiger partial charge in [0.1, 0.15) is 11.5 Å². The summed E-state index contributed by atoms with van der Waals surface area (Å²) in [4.78, 5) is 0. The SMILES string of the molecule is FC(F)(F)Oc1cc[c]c(OC2CCCC2)c1. The topological polar surface area (TPSA) is 18.5 Å². The minimum atomic E-state index is -4.67. The first-order chi connectivity index (χ1) is 8.03. The minimum Gasteiger partial charge on any atom is -0.490 e. The second-order valence-electron chi connectivity index (χ2n) is 3.96. The zero-order valence-corrected chi connectivity index (χ0v) is 9.09. The molecule has 2 nitrogen and oxygen atoms in total. The summed E-state index contributed by atoms with van der Waals surface area (Å²) in [6.07, 6.45) is -0.498. The zero-order valence-electron chi connectivity index (χ0n) is 9.09. The molecule has 1 aliphatic rings. The van der Waals surface area contributed by atoms with Gasteiger partial charge in [-0.15, -0.1) is 13.2 Å². The van der Waals surface area contributed by atoms with Gasteiger partial charge in [-0.3, -0.25) is 0 Å². The van der Waals surface area contributed by atoms with E-state index in [2.05, 4.69) is 10.8 Å². The summed E-state index contributed by atoms with van der Waals surface area (Å²) in [6, 6.07) is 6.54. The fourth-order valence-corrected chi connectivity index (χ4v) is 1.88. The zero-order chi connectivity index (χ0) is 12.3. The second-order valence-corrected chi connectivity index (χ2v) is 3.96. The maximum Gasteiger partial charge on any atom is 0.573 e. The molecule has 17 heavy (non-hydrogen) atoms. The van der Waals surface area contributed by atoms with E-state index in [0.29, 0.717) is 5.75 Å². The van der Waals surface area contributed by atoms with E-state index in [9.17, 15) is 13.2 Å². The highest BCUT2D eigenvalue weighted by Crippen LogP contribution is 2.28. The molecular weight excluding hydrogens is 233 g/mol. The summed E-state index contributed by atoms with van der Waals surface area (Å²) < 4.78 is 45.3. The van der Waals surface area contributed by atoms with E-state index in [0.717, 1.165) is 25.7 Å². The second kappa shape index (κ2) is 4.85. The third-order valence-electron chi connectivity index (χ3n) is 2.58. The largest absolute Gasteiger partial charge is 0.573 e. The molecule has 1 radical (unpaired) electrons. The van der Waals surface area contributed by atoms with Crippen molar-refractivity contribution >= 4 is 0 Å². The van der Waals surface area contributed by atoms with Gasteiger partial charge in [0.2, 0.25) is 0 Å². The van der Waals surface area contributed by atoms with Crippen molar-refractivity contribution in [3.05, 3.63) is 24.3 Å². The van der Waals surface area contributed by atoms with E-state index in [1.165, 1.54) is 18.2 Å². The van der Waals surface area contributed by atoms with Crippen LogP contribution in [0.25, 0.3) is 0 Å². The van der Waals surface area contributed by atoms with E-state index in [1.807, 2.05) is 0 Å². The van der Waals surface area contributed by atoms with E-state index in [1.54, 1.807) is 0 Å². The van der Waals surface area contributed by atoms with Gasteiger partial charge in [0.05, 0.1) is 6.10 Å². The molecule has 1 aromatic rings. The van der Waals surface area contributed by atoms with Gasteiger partial charge in [0, 0.05) is 12.1 Å². The quantitative estimate of drug-likeness (QED) is 0.808. The third-order valence-corrected chi connectivity index (χ3v) is 2.58. The third kappa shape index (κ3) is 3.84. The highest BCUT2D eigenvalue weighted by molar-refractivity contribution is 5.32. The van der Waals surface area contributed by atoms with E-state index in [-0.39, 0.29) is 11.9 Å². The Kier molecular flexibility index (Phi) is 3.45. The van der Waals surface area contributed by atoms with Crippen LogP contribution >= 0.6 is 0 Å². The Morgan fingerprint density at radius 1 is 1.24 bits per heavy atom. The Bertz CT molecular complexity index is 370. The molecule has 1 fully saturated rings. The predicted molar refractivity (Wildman–Crippen MR) is 54.8 cm³/mol. The van der Waals surface area contributed by atoms with Crippen molar-refractivity contribution in [3.8, 4) is 11.5 Å². The monoisotopic (exact) mass is 245 g/mol. The van der Waals surface area contributed by atoms with Crippen LogP contribution in [0.1, 0.15) is 25.7 Å². The average molecular weight is 245 g/mol. The summed E-state index contributed by atoms with van der Waals surface area (Å²) in [5.41, 5.74) is 0. The lowest BCUT2D eigenvalue weighted by Gasteiger charge is -2.14. The first-order valence-electron chi connectivity index (χ1n) is 5.47. The lowest BCUT2D eigenvalue weighted by Crippen LogP contribution is -2.17. The summed E-state index contributed by atoms with van der Waals surface area (Å²) >= 11 is 0. The molecule has 0 bridgehead atoms. The van der Waals surface area contributed by atoms with Gasteiger partial charge >= 0.3 is 6.36 Å². The molecule has 0 aliphatic heterocycles. The number of alkyl halides is 3. The fraction of sp³-hybridized carbons (Fsp3) is 0.500. The predicted octanol–water partition coefficient (Wildman–Crippen LogP) is 3.71. The Labute approximate surface area is 97.3 Å². The van der Waals surface area contributed by atoms with Crippen molar-refractivity contribution in [1.29, 1.82) is 0 Å². The maximum absolute atomic E-state index is 12.0. The van der Waals surface area contributed by atoms with Crippen LogP contribution in [0.4, 0.5) is 13.2 Å². The lowest BCUT2D eigenvalue weighted by molar-refractivity contribution is -0.274. The Morgan fingerprint density at radius 3 is 2.59 bits per heavy atom. The highest BCUT2D eigenvalue weighted by Gasteiger charge is 2.31. The molecule has 1 saturated carbocycles. The van der Waals surface area contributed by atoms with Crippen LogP contribution in [0.3, 0.4) is 0 Å². The molecule has 0 N–H and O–H groups in total. The molecule has 0 spiro atoms. The van der Waals surface area contributed by atoms with Gasteiger partial charge in [-0.05, 0) is 37.8 Å². The smallest absolute Gasteiger partial charge is 0.490 e. The van der Waals surface area contributed by atoms with Crippen molar-refractivity contribution in [3.63, 3.8) is 0 Å². The Balaban J connectivity index is 2.00. The van der Waals surface area contributed by atoms with Crippen molar-refractivity contribution in [2.75, 3.05) is 0 Å². The summed E-state index contributed by atoms with van der Waals surface area (Å²) in [5, 5.41) is 0. The molecule has 0 atom stereocenters. The van der Waals surface area contributed by atoms with Crippen LogP contribution in [-0.2, 0) is 0 Å². The van der Waals surface area contributed by atoms with Gasteiger partial charge in [-0.25, -0.2) is 0 Å². The van der Waals surface area contributed by atoms with Gasteiger partial charge in [-0.2, -0.15) is 0 Å². The summed E-state index contributed by atoms with van der Waals surface area (Å²) in [6.45, 7) is 0. The number of hydrogen-bond acceptors (Lipinski definition) is 2. The molecule has 1 aromatic carbocycles. The molecule has 0 heterocycles. The number of rotatable bonds is 3. The highest BCUT2D eigenvalue weighted by atomic mass is 19.4. The summed E-state index contributed by atoms with van der Waals surface area (Å²) in [7, 11) is 0. The molecule has 93 valence electrons. The van der Waals surface area contributed by atoms with Crippen LogP contribution in [0.15, 0.2) is 18.2 Å². The standard InChI is InChI=1S/C12H12F3O2/c13-12(14,15)17-11-7-3-6-10(8-11)16-9-4-1-2-5-9/h3,7-9H,1-2,4-5H2. The fourth-order valence-electron chi connectivity index (χ4n) is 1.88. The van der Waals surface area contributed by atoms with Crippen LogP contribution in [0.2, 0.25) is 0 Å². The number of hydrogen-bond donors (Lipinski definition) is 0. The van der Waals surface area contributed by atoms with Crippen LogP contribution in [0, 0.1) is 6.07 Å². The first kappa shape index (κ1) is 12.1. The van der Waals surface area contributed by atoms with Crippen LogP contribution in [0.5, 0.6) is 11.5 Å². The first-order valence-corrected chi connectivity index (χ1v) is 5.47. The van der Waals surface area contributed by atoms with Gasteiger partial charge in [0.15, 0.2) is 0 Å². The number of ether oxygens (including phenoxy) is 2. The van der Waals surface area contributed by atoms with Crippen molar-refractivity contribution in [1.82, 2.24) is 0 Å². The van der Waals surface area contributed by atoms with E-state index in [4.69, 9.17) is 4.74 Å². The average Bonchev–Trinajstić information content (AvgIpc) is 2.68. The number of benzene rings is 1. The Hall–Kier alpha value is -1.39. The van der Waals surface area contributed by atoms with Gasteiger partial charge in [-0.1, -0.05) is 0 Å². The van der Waals surface area contributed by atoms with Crippen LogP contribution < -0.4 is 9.47 Å². The Morgan fingerprint density at radius 2 is 1.94 bits per heavy atom. The lowest BCUT2D eigenvalue weighted by atomic mass is 10.3. The number of halogens is 3. The van der Waals surface area contributed by atoms with Gasteiger partial charge < -0.3 is 9.47 Å². The maximum atomic E-state index is 12.0. The van der Waals surface area contributed by atoms with Crippen molar-refractivity contribution in [2.24, 2.45) is 0 Å². The van der Waals surface area contributed by atoms with E-state index < -0.39 is 6.36 Å². The van der Waals surface area contributed by atoms with Gasteiger partial charge in [0.25, 0.3) is 0 Å². The molecule has 0 unspecified atom stereocenters. The molecular formula is C12H12F3O2. The molecule has 0 aromatic heterocycles. The van der Waals surface area contributed by atoms with Crippen molar-refractivity contribution < 1.29 is 22.6 Å². The van der Waals surface area contributed by atoms with E-state index >= 15 is 0 Å². The normalized spacial score (nSPS) is 17.1. The molecule has 2 rings (SSSR count). The van der Waals surface area contributed by atoms with Crippen molar-refractivity contribution in [2.45, 2.75) is 38.1 Å². The summed E-state index contributed by atoms with van der Waals surface area (Å²) in [5.74, 6) is 0.0305. The molecule has 0 amide bonds. The molecule has 0 saturated heterocycles. The minimum absolute atomic E-state index is 0.0902. The molecule has 5 heteroatoms.